The first kappa shape index (κ1) is 28.4. The number of nitrogens with one attached hydrogen (secondary N) is 2. The Bertz CT molecular complexity index is 924. The number of ether oxygens (including phenoxy) is 2. The van der Waals surface area contributed by atoms with E-state index in [0.717, 1.165) is 0 Å². The molecule has 14 heteroatoms. The van der Waals surface area contributed by atoms with E-state index in [1.165, 1.54) is 36.4 Å². The highest BCUT2D eigenvalue weighted by molar-refractivity contribution is 5.96. The van der Waals surface area contributed by atoms with Gasteiger partial charge in [0.05, 0.1) is 23.1 Å². The van der Waals surface area contributed by atoms with Gasteiger partial charge in [-0.05, 0) is 37.1 Å². The fourth-order valence-electron chi connectivity index (χ4n) is 2.47. The molecule has 2 aromatic carbocycles. The molecule has 0 fully saturated rings. The summed E-state index contributed by atoms with van der Waals surface area (Å²) in [4.78, 5) is 21.1. The minimum absolute atomic E-state index is 0. The number of unbranched alkanes of at least 4 members (excludes halogenated alkanes) is 1. The molecule has 0 aromatic heterocycles. The van der Waals surface area contributed by atoms with Gasteiger partial charge in [0.2, 0.25) is 0 Å². The summed E-state index contributed by atoms with van der Waals surface area (Å²) < 4.78 is 10.9. The van der Waals surface area contributed by atoms with Crippen LogP contribution in [0.4, 0.5) is 11.4 Å². The van der Waals surface area contributed by atoms with E-state index in [0.29, 0.717) is 12.8 Å². The average Bonchev–Trinajstić information content (AvgIpc) is 2.70. The van der Waals surface area contributed by atoms with Crippen molar-refractivity contribution in [2.75, 3.05) is 13.2 Å². The Labute approximate surface area is 195 Å². The molecule has 0 heterocycles. The standard InChI is InChI=1S/C18H20N6O6.2ClH/c19-17(20)11-3-5-15(13(9-11)23(25)26)29-7-1-2-8-30-16-6-4-12(18(21)22)10-14(16)24(27)28;;/h3-6,9-10H,1-2,7-8H2,(H3,19,20)(H3,21,22);2*1H. The third-order valence-corrected chi connectivity index (χ3v) is 3.99. The number of hydrogen-bond acceptors (Lipinski definition) is 8. The van der Waals surface area contributed by atoms with Gasteiger partial charge >= 0.3 is 11.4 Å². The van der Waals surface area contributed by atoms with Gasteiger partial charge in [-0.3, -0.25) is 31.0 Å². The molecule has 0 saturated heterocycles. The van der Waals surface area contributed by atoms with Crippen LogP contribution < -0.4 is 20.9 Å². The van der Waals surface area contributed by atoms with Gasteiger partial charge < -0.3 is 20.9 Å². The van der Waals surface area contributed by atoms with Crippen LogP contribution in [0.5, 0.6) is 11.5 Å². The zero-order chi connectivity index (χ0) is 22.3. The number of halogens is 2. The highest BCUT2D eigenvalue weighted by atomic mass is 35.5. The second-order valence-electron chi connectivity index (χ2n) is 6.11. The van der Waals surface area contributed by atoms with Crippen LogP contribution in [0, 0.1) is 31.0 Å². The predicted octanol–water partition coefficient (Wildman–Crippen LogP) is 3.15. The molecule has 0 aliphatic heterocycles. The fourth-order valence-corrected chi connectivity index (χ4v) is 2.47. The number of nitrogens with two attached hydrogens (primary N) is 2. The number of nitro groups is 2. The molecule has 0 aliphatic carbocycles. The summed E-state index contributed by atoms with van der Waals surface area (Å²) in [5, 5.41) is 37.0. The van der Waals surface area contributed by atoms with Gasteiger partial charge in [-0.2, -0.15) is 0 Å². The Balaban J connectivity index is 0.00000480. The van der Waals surface area contributed by atoms with Crippen molar-refractivity contribution in [2.45, 2.75) is 12.8 Å². The van der Waals surface area contributed by atoms with Crippen molar-refractivity contribution in [1.82, 2.24) is 0 Å². The van der Waals surface area contributed by atoms with Crippen LogP contribution in [0.1, 0.15) is 24.0 Å². The number of rotatable bonds is 11. The van der Waals surface area contributed by atoms with Crippen molar-refractivity contribution in [3.63, 3.8) is 0 Å². The molecule has 0 saturated carbocycles. The molecule has 0 spiro atoms. The van der Waals surface area contributed by atoms with Crippen molar-refractivity contribution in [3.05, 3.63) is 67.8 Å². The van der Waals surface area contributed by atoms with E-state index in [1.54, 1.807) is 0 Å². The summed E-state index contributed by atoms with van der Waals surface area (Å²) in [6, 6.07) is 8.01. The molecule has 0 radical (unpaired) electrons. The van der Waals surface area contributed by atoms with E-state index in [1.807, 2.05) is 0 Å². The lowest BCUT2D eigenvalue weighted by Gasteiger charge is -2.09. The number of nitrogen functional groups attached to an aromatic ring is 2. The van der Waals surface area contributed by atoms with Gasteiger partial charge in [0.1, 0.15) is 11.7 Å². The van der Waals surface area contributed by atoms with Crippen molar-refractivity contribution in [3.8, 4) is 11.5 Å². The smallest absolute Gasteiger partial charge is 0.311 e. The van der Waals surface area contributed by atoms with Crippen LogP contribution >= 0.6 is 24.8 Å². The van der Waals surface area contributed by atoms with E-state index in [-0.39, 0.29) is 83.7 Å². The monoisotopic (exact) mass is 488 g/mol. The summed E-state index contributed by atoms with van der Waals surface area (Å²) >= 11 is 0. The summed E-state index contributed by atoms with van der Waals surface area (Å²) in [7, 11) is 0. The van der Waals surface area contributed by atoms with Crippen molar-refractivity contribution in [1.29, 1.82) is 10.8 Å². The maximum Gasteiger partial charge on any atom is 0.311 e. The SMILES string of the molecule is Cl.Cl.N=C(N)c1ccc(OCCCCOc2ccc(C(=N)N)cc2[N+](=O)[O-])c([N+](=O)[O-])c1. The van der Waals surface area contributed by atoms with Gasteiger partial charge in [0, 0.05) is 23.3 Å². The van der Waals surface area contributed by atoms with E-state index >= 15 is 0 Å². The topological polar surface area (TPSA) is 204 Å². The minimum atomic E-state index is -0.616. The van der Waals surface area contributed by atoms with E-state index < -0.39 is 9.85 Å². The fraction of sp³-hybridized carbons (Fsp3) is 0.222. The molecule has 6 N–H and O–H groups in total. The van der Waals surface area contributed by atoms with Crippen LogP contribution in [0.15, 0.2) is 36.4 Å². The molecule has 12 nitrogen and oxygen atoms in total. The molecule has 0 unspecified atom stereocenters. The number of benzene rings is 2. The first-order chi connectivity index (χ1) is 14.2. The largest absolute Gasteiger partial charge is 0.487 e. The Morgan fingerprint density at radius 2 is 1.12 bits per heavy atom. The van der Waals surface area contributed by atoms with E-state index in [4.69, 9.17) is 31.8 Å². The normalized spacial score (nSPS) is 9.62. The lowest BCUT2D eigenvalue weighted by Crippen LogP contribution is -2.12. The van der Waals surface area contributed by atoms with Crippen molar-refractivity contribution >= 4 is 47.9 Å². The van der Waals surface area contributed by atoms with Gasteiger partial charge in [-0.25, -0.2) is 0 Å². The van der Waals surface area contributed by atoms with Crippen LogP contribution in [-0.4, -0.2) is 34.7 Å². The molecular weight excluding hydrogens is 467 g/mol. The van der Waals surface area contributed by atoms with Gasteiger partial charge in [-0.15, -0.1) is 24.8 Å². The second kappa shape index (κ2) is 12.9. The molecule has 2 rings (SSSR count). The maximum atomic E-state index is 11.2. The van der Waals surface area contributed by atoms with E-state index in [2.05, 4.69) is 0 Å². The molecule has 0 bridgehead atoms. The van der Waals surface area contributed by atoms with Gasteiger partial charge in [-0.1, -0.05) is 0 Å². The van der Waals surface area contributed by atoms with Crippen molar-refractivity contribution < 1.29 is 19.3 Å². The zero-order valence-electron chi connectivity index (χ0n) is 16.6. The highest BCUT2D eigenvalue weighted by Gasteiger charge is 2.18. The number of amidine groups is 2. The van der Waals surface area contributed by atoms with Crippen molar-refractivity contribution in [2.24, 2.45) is 11.5 Å². The Hall–Kier alpha value is -3.64. The third-order valence-electron chi connectivity index (χ3n) is 3.99. The number of hydrogen-bond donors (Lipinski definition) is 4. The maximum absolute atomic E-state index is 11.2. The number of nitrogens with zero attached hydrogens (tertiary/aromatic N) is 2. The quantitative estimate of drug-likeness (QED) is 0.121. The Morgan fingerprint density at radius 3 is 1.41 bits per heavy atom. The first-order valence-electron chi connectivity index (χ1n) is 8.72. The molecule has 0 aliphatic rings. The Morgan fingerprint density at radius 1 is 0.781 bits per heavy atom. The summed E-state index contributed by atoms with van der Waals surface area (Å²) in [5.74, 6) is -0.456. The van der Waals surface area contributed by atoms with E-state index in [9.17, 15) is 20.2 Å². The van der Waals surface area contributed by atoms with Crippen LogP contribution in [0.2, 0.25) is 0 Å². The predicted molar refractivity (Wildman–Crippen MR) is 123 cm³/mol. The molecule has 2 aromatic rings. The second-order valence-corrected chi connectivity index (χ2v) is 6.11. The molecule has 0 amide bonds. The molecular formula is C18H22Cl2N6O6. The lowest BCUT2D eigenvalue weighted by molar-refractivity contribution is -0.386. The highest BCUT2D eigenvalue weighted by Crippen LogP contribution is 2.29. The third kappa shape index (κ3) is 7.56. The summed E-state index contributed by atoms with van der Waals surface area (Å²) in [5.41, 5.74) is 10.5. The van der Waals surface area contributed by atoms with Gasteiger partial charge in [0.15, 0.2) is 11.5 Å². The summed E-state index contributed by atoms with van der Waals surface area (Å²) in [6.07, 6.45) is 0.954. The van der Waals surface area contributed by atoms with Crippen LogP contribution in [-0.2, 0) is 0 Å². The lowest BCUT2D eigenvalue weighted by atomic mass is 10.1. The minimum Gasteiger partial charge on any atom is -0.487 e. The molecule has 174 valence electrons. The number of nitro benzene ring substituents is 2. The average molecular weight is 489 g/mol. The summed E-state index contributed by atoms with van der Waals surface area (Å²) in [6.45, 7) is 0.323. The van der Waals surface area contributed by atoms with Crippen LogP contribution in [0.3, 0.4) is 0 Å². The molecule has 32 heavy (non-hydrogen) atoms. The van der Waals surface area contributed by atoms with Crippen LogP contribution in [0.25, 0.3) is 0 Å². The first-order valence-corrected chi connectivity index (χ1v) is 8.72. The zero-order valence-corrected chi connectivity index (χ0v) is 18.2. The van der Waals surface area contributed by atoms with Gasteiger partial charge in [0.25, 0.3) is 0 Å². The Kier molecular flexibility index (Phi) is 11.5. The molecule has 0 atom stereocenters.